The summed E-state index contributed by atoms with van der Waals surface area (Å²) in [5, 5.41) is 0.521. The Kier molecular flexibility index (Phi) is 5.05. The highest BCUT2D eigenvalue weighted by Crippen LogP contribution is 2.18. The molecule has 0 radical (unpaired) electrons. The first kappa shape index (κ1) is 14.9. The normalized spacial score (nSPS) is 11.2. The van der Waals surface area contributed by atoms with E-state index in [4.69, 9.17) is 23.2 Å². The SMILES string of the molecule is CCCc1cccc(/C=C/c2[nH]c(=O)c(Cl)cc2Cl)c1. The van der Waals surface area contributed by atoms with Crippen molar-refractivity contribution >= 4 is 35.4 Å². The molecular weight excluding hydrogens is 293 g/mol. The van der Waals surface area contributed by atoms with E-state index in [9.17, 15) is 4.79 Å². The molecule has 2 aromatic rings. The van der Waals surface area contributed by atoms with Crippen LogP contribution >= 0.6 is 23.2 Å². The van der Waals surface area contributed by atoms with Gasteiger partial charge >= 0.3 is 0 Å². The molecule has 104 valence electrons. The highest BCUT2D eigenvalue weighted by Gasteiger charge is 2.02. The summed E-state index contributed by atoms with van der Waals surface area (Å²) in [4.78, 5) is 14.1. The van der Waals surface area contributed by atoms with Gasteiger partial charge < -0.3 is 4.98 Å². The second-order valence-corrected chi connectivity index (χ2v) is 5.35. The van der Waals surface area contributed by atoms with Gasteiger partial charge in [-0.25, -0.2) is 0 Å². The van der Waals surface area contributed by atoms with Crippen molar-refractivity contribution in [2.24, 2.45) is 0 Å². The van der Waals surface area contributed by atoms with Gasteiger partial charge in [0, 0.05) is 0 Å². The quantitative estimate of drug-likeness (QED) is 0.864. The van der Waals surface area contributed by atoms with Gasteiger partial charge in [0.15, 0.2) is 0 Å². The van der Waals surface area contributed by atoms with E-state index < -0.39 is 0 Å². The zero-order chi connectivity index (χ0) is 14.5. The Labute approximate surface area is 128 Å². The van der Waals surface area contributed by atoms with E-state index in [1.807, 2.05) is 18.2 Å². The lowest BCUT2D eigenvalue weighted by Crippen LogP contribution is -2.07. The maximum atomic E-state index is 11.5. The minimum absolute atomic E-state index is 0.0945. The van der Waals surface area contributed by atoms with Crippen LogP contribution in [0.3, 0.4) is 0 Å². The summed E-state index contributed by atoms with van der Waals surface area (Å²) in [6, 6.07) is 9.73. The summed E-state index contributed by atoms with van der Waals surface area (Å²) in [5.74, 6) is 0. The molecule has 1 heterocycles. The first-order valence-electron chi connectivity index (χ1n) is 6.45. The number of aryl methyl sites for hydroxylation is 1. The number of halogens is 2. The van der Waals surface area contributed by atoms with Crippen molar-refractivity contribution in [3.05, 3.63) is 67.6 Å². The Bertz CT molecular complexity index is 689. The Morgan fingerprint density at radius 2 is 1.95 bits per heavy atom. The lowest BCUT2D eigenvalue weighted by molar-refractivity contribution is 0.921. The molecule has 0 saturated heterocycles. The molecule has 0 aliphatic rings. The van der Waals surface area contributed by atoms with E-state index in [-0.39, 0.29) is 10.6 Å². The fraction of sp³-hybridized carbons (Fsp3) is 0.188. The first-order chi connectivity index (χ1) is 9.60. The number of aromatic amines is 1. The highest BCUT2D eigenvalue weighted by atomic mass is 35.5. The monoisotopic (exact) mass is 307 g/mol. The van der Waals surface area contributed by atoms with Crippen molar-refractivity contribution in [2.75, 3.05) is 0 Å². The van der Waals surface area contributed by atoms with Gasteiger partial charge in [0.1, 0.15) is 5.02 Å². The number of pyridine rings is 1. The number of benzene rings is 1. The molecule has 0 amide bonds. The second kappa shape index (κ2) is 6.78. The maximum absolute atomic E-state index is 11.5. The Hall–Kier alpha value is -1.51. The van der Waals surface area contributed by atoms with Gasteiger partial charge in [0.25, 0.3) is 5.56 Å². The van der Waals surface area contributed by atoms with E-state index in [0.717, 1.165) is 18.4 Å². The van der Waals surface area contributed by atoms with Crippen LogP contribution in [-0.2, 0) is 6.42 Å². The molecule has 2 rings (SSSR count). The molecule has 0 aliphatic carbocycles. The average Bonchev–Trinajstić information content (AvgIpc) is 2.42. The molecule has 0 bridgehead atoms. The first-order valence-corrected chi connectivity index (χ1v) is 7.21. The minimum atomic E-state index is -0.338. The molecule has 0 saturated carbocycles. The van der Waals surface area contributed by atoms with Crippen LogP contribution in [0.1, 0.15) is 30.2 Å². The standard InChI is InChI=1S/C16H15Cl2NO/c1-2-4-11-5-3-6-12(9-11)7-8-15-13(17)10-14(18)16(20)19-15/h3,5-10H,2,4H2,1H3,(H,19,20)/b8-7+. The van der Waals surface area contributed by atoms with Crippen LogP contribution in [0.2, 0.25) is 10.0 Å². The lowest BCUT2D eigenvalue weighted by atomic mass is 10.1. The largest absolute Gasteiger partial charge is 0.320 e. The molecule has 0 fully saturated rings. The molecular formula is C16H15Cl2NO. The van der Waals surface area contributed by atoms with Crippen molar-refractivity contribution in [1.29, 1.82) is 0 Å². The molecule has 4 heteroatoms. The van der Waals surface area contributed by atoms with Crippen LogP contribution in [0.15, 0.2) is 35.1 Å². The molecule has 0 unspecified atom stereocenters. The predicted molar refractivity (Wildman–Crippen MR) is 86.4 cm³/mol. The number of aromatic nitrogens is 1. The number of hydrogen-bond donors (Lipinski definition) is 1. The Balaban J connectivity index is 2.27. The molecule has 0 aliphatic heterocycles. The van der Waals surface area contributed by atoms with Gasteiger partial charge in [0.05, 0.1) is 10.7 Å². The maximum Gasteiger partial charge on any atom is 0.267 e. The minimum Gasteiger partial charge on any atom is -0.320 e. The van der Waals surface area contributed by atoms with Gasteiger partial charge in [-0.2, -0.15) is 0 Å². The van der Waals surface area contributed by atoms with E-state index >= 15 is 0 Å². The lowest BCUT2D eigenvalue weighted by Gasteiger charge is -2.01. The summed E-state index contributed by atoms with van der Waals surface area (Å²) in [7, 11) is 0. The van der Waals surface area contributed by atoms with E-state index in [2.05, 4.69) is 24.0 Å². The highest BCUT2D eigenvalue weighted by molar-refractivity contribution is 6.35. The van der Waals surface area contributed by atoms with Gasteiger partial charge in [-0.1, -0.05) is 66.9 Å². The predicted octanol–water partition coefficient (Wildman–Crippen LogP) is 4.80. The third-order valence-electron chi connectivity index (χ3n) is 2.91. The summed E-state index contributed by atoms with van der Waals surface area (Å²) >= 11 is 11.7. The number of rotatable bonds is 4. The number of hydrogen-bond acceptors (Lipinski definition) is 1. The topological polar surface area (TPSA) is 32.9 Å². The summed E-state index contributed by atoms with van der Waals surface area (Å²) in [5.41, 5.74) is 2.59. The van der Waals surface area contributed by atoms with Crippen molar-refractivity contribution in [1.82, 2.24) is 4.98 Å². The summed E-state index contributed by atoms with van der Waals surface area (Å²) in [6.45, 7) is 2.15. The van der Waals surface area contributed by atoms with E-state index in [0.29, 0.717) is 10.7 Å². The number of H-pyrrole nitrogens is 1. The Morgan fingerprint density at radius 3 is 2.70 bits per heavy atom. The fourth-order valence-corrected chi connectivity index (χ4v) is 2.37. The Morgan fingerprint density at radius 1 is 1.15 bits per heavy atom. The molecule has 2 nitrogen and oxygen atoms in total. The van der Waals surface area contributed by atoms with Gasteiger partial charge in [0.2, 0.25) is 0 Å². The molecule has 1 aromatic heterocycles. The van der Waals surface area contributed by atoms with E-state index in [1.165, 1.54) is 11.6 Å². The average molecular weight is 308 g/mol. The molecule has 0 spiro atoms. The molecule has 1 N–H and O–H groups in total. The van der Waals surface area contributed by atoms with Gasteiger partial charge in [-0.15, -0.1) is 0 Å². The zero-order valence-electron chi connectivity index (χ0n) is 11.1. The summed E-state index contributed by atoms with van der Waals surface area (Å²) in [6.07, 6.45) is 5.87. The van der Waals surface area contributed by atoms with Crippen molar-refractivity contribution < 1.29 is 0 Å². The smallest absolute Gasteiger partial charge is 0.267 e. The van der Waals surface area contributed by atoms with Crippen molar-refractivity contribution in [3.8, 4) is 0 Å². The third-order valence-corrected chi connectivity index (χ3v) is 3.50. The van der Waals surface area contributed by atoms with Crippen LogP contribution in [0, 0.1) is 0 Å². The molecule has 20 heavy (non-hydrogen) atoms. The van der Waals surface area contributed by atoms with Crippen LogP contribution in [-0.4, -0.2) is 4.98 Å². The molecule has 0 atom stereocenters. The van der Waals surface area contributed by atoms with Crippen LogP contribution < -0.4 is 5.56 Å². The van der Waals surface area contributed by atoms with Crippen LogP contribution in [0.4, 0.5) is 0 Å². The molecule has 1 aromatic carbocycles. The van der Waals surface area contributed by atoms with Gasteiger partial charge in [-0.05, 0) is 29.7 Å². The second-order valence-electron chi connectivity index (χ2n) is 4.54. The fourth-order valence-electron chi connectivity index (χ4n) is 1.94. The van der Waals surface area contributed by atoms with E-state index in [1.54, 1.807) is 6.08 Å². The van der Waals surface area contributed by atoms with Crippen LogP contribution in [0.5, 0.6) is 0 Å². The number of nitrogens with one attached hydrogen (secondary N) is 1. The summed E-state index contributed by atoms with van der Waals surface area (Å²) < 4.78 is 0. The third kappa shape index (κ3) is 3.75. The van der Waals surface area contributed by atoms with Gasteiger partial charge in [-0.3, -0.25) is 4.79 Å². The van der Waals surface area contributed by atoms with Crippen LogP contribution in [0.25, 0.3) is 12.2 Å². The van der Waals surface area contributed by atoms with Crippen molar-refractivity contribution in [3.63, 3.8) is 0 Å². The van der Waals surface area contributed by atoms with Crippen molar-refractivity contribution in [2.45, 2.75) is 19.8 Å². The zero-order valence-corrected chi connectivity index (χ0v) is 12.6.